The van der Waals surface area contributed by atoms with Gasteiger partial charge in [0.2, 0.25) is 5.91 Å². The number of benzene rings is 1. The third-order valence-electron chi connectivity index (χ3n) is 7.91. The van der Waals surface area contributed by atoms with E-state index >= 15 is 0 Å². The molecule has 33 heavy (non-hydrogen) atoms. The van der Waals surface area contributed by atoms with Gasteiger partial charge in [0.1, 0.15) is 0 Å². The first-order valence-corrected chi connectivity index (χ1v) is 12.3. The number of fused-ring (bicyclic) bond motifs is 1. The van der Waals surface area contributed by atoms with Gasteiger partial charge in [-0.1, -0.05) is 12.1 Å². The SMILES string of the molecule is C[C@H]1CC[C@H](NC(=O)[C@@H]2CC2CN2CCC(c3noc4ccc(C(F)(F)F)cc34)CC2)CC1. The third-order valence-corrected chi connectivity index (χ3v) is 7.91. The summed E-state index contributed by atoms with van der Waals surface area (Å²) in [6.45, 7) is 4.93. The average Bonchev–Trinajstić information content (AvgIpc) is 3.43. The maximum absolute atomic E-state index is 13.1. The number of likely N-dealkylation sites (tertiary alicyclic amines) is 1. The molecule has 1 aromatic heterocycles. The van der Waals surface area contributed by atoms with Gasteiger partial charge in [0.05, 0.1) is 11.3 Å². The van der Waals surface area contributed by atoms with Crippen LogP contribution in [0, 0.1) is 17.8 Å². The molecule has 1 N–H and O–H groups in total. The molecule has 2 heterocycles. The van der Waals surface area contributed by atoms with E-state index in [0.29, 0.717) is 28.6 Å². The number of carbonyl (C=O) groups excluding carboxylic acids is 1. The van der Waals surface area contributed by atoms with E-state index < -0.39 is 11.7 Å². The van der Waals surface area contributed by atoms with E-state index in [0.717, 1.165) is 69.8 Å². The Morgan fingerprint density at radius 1 is 1.15 bits per heavy atom. The largest absolute Gasteiger partial charge is 0.416 e. The van der Waals surface area contributed by atoms with E-state index in [4.69, 9.17) is 4.52 Å². The van der Waals surface area contributed by atoms with Crippen LogP contribution < -0.4 is 5.32 Å². The number of piperidine rings is 1. The zero-order chi connectivity index (χ0) is 23.2. The molecule has 3 aliphatic rings. The average molecular weight is 464 g/mol. The summed E-state index contributed by atoms with van der Waals surface area (Å²) in [4.78, 5) is 15.0. The Balaban J connectivity index is 1.11. The molecule has 5 rings (SSSR count). The molecule has 0 spiro atoms. The molecule has 1 amide bonds. The van der Waals surface area contributed by atoms with Crippen LogP contribution in [0.4, 0.5) is 13.2 Å². The number of amides is 1. The molecule has 8 heteroatoms. The highest BCUT2D eigenvalue weighted by Crippen LogP contribution is 2.41. The normalized spacial score (nSPS) is 29.3. The lowest BCUT2D eigenvalue weighted by Crippen LogP contribution is -2.39. The van der Waals surface area contributed by atoms with Crippen LogP contribution in [0.5, 0.6) is 0 Å². The maximum Gasteiger partial charge on any atom is 0.416 e. The third kappa shape index (κ3) is 5.05. The summed E-state index contributed by atoms with van der Waals surface area (Å²) in [7, 11) is 0. The van der Waals surface area contributed by atoms with E-state index in [1.165, 1.54) is 18.9 Å². The minimum atomic E-state index is -4.38. The van der Waals surface area contributed by atoms with Crippen molar-refractivity contribution >= 4 is 16.9 Å². The Morgan fingerprint density at radius 3 is 2.58 bits per heavy atom. The Hall–Kier alpha value is -2.09. The highest BCUT2D eigenvalue weighted by Gasteiger charge is 2.44. The Morgan fingerprint density at radius 2 is 1.88 bits per heavy atom. The standard InChI is InChI=1S/C25H32F3N3O2/c1-15-2-5-19(6-3-15)29-24(32)20-12-17(20)14-31-10-8-16(9-11-31)23-21-13-18(25(26,27)28)4-7-22(21)33-30-23/h4,7,13,15-17,19-20H,2-3,5-6,8-12,14H2,1H3,(H,29,32)/t15-,17?,19-,20-/m1/s1. The molecule has 1 aromatic carbocycles. The number of alkyl halides is 3. The second-order valence-corrected chi connectivity index (χ2v) is 10.4. The van der Waals surface area contributed by atoms with Gasteiger partial charge in [0, 0.05) is 29.8 Å². The van der Waals surface area contributed by atoms with Gasteiger partial charge < -0.3 is 14.7 Å². The predicted molar refractivity (Wildman–Crippen MR) is 119 cm³/mol. The van der Waals surface area contributed by atoms with Crippen molar-refractivity contribution in [1.82, 2.24) is 15.4 Å². The number of nitrogens with zero attached hydrogens (tertiary/aromatic N) is 2. The first-order chi connectivity index (χ1) is 15.8. The number of hydrogen-bond acceptors (Lipinski definition) is 4. The van der Waals surface area contributed by atoms with Crippen molar-refractivity contribution in [2.75, 3.05) is 19.6 Å². The summed E-state index contributed by atoms with van der Waals surface area (Å²) < 4.78 is 44.7. The Bertz CT molecular complexity index is 988. The monoisotopic (exact) mass is 463 g/mol. The first kappa shape index (κ1) is 22.7. The van der Waals surface area contributed by atoms with Gasteiger partial charge in [-0.2, -0.15) is 13.2 Å². The lowest BCUT2D eigenvalue weighted by molar-refractivity contribution is -0.137. The number of nitrogens with one attached hydrogen (secondary N) is 1. The van der Waals surface area contributed by atoms with Crippen molar-refractivity contribution in [1.29, 1.82) is 0 Å². The number of rotatable bonds is 5. The van der Waals surface area contributed by atoms with Crippen molar-refractivity contribution in [3.05, 3.63) is 29.5 Å². The fraction of sp³-hybridized carbons (Fsp3) is 0.680. The molecule has 1 saturated heterocycles. The van der Waals surface area contributed by atoms with Gasteiger partial charge in [0.15, 0.2) is 5.58 Å². The van der Waals surface area contributed by atoms with Crippen LogP contribution in [-0.4, -0.2) is 41.6 Å². The highest BCUT2D eigenvalue weighted by atomic mass is 19.4. The minimum Gasteiger partial charge on any atom is -0.356 e. The fourth-order valence-corrected chi connectivity index (χ4v) is 5.63. The van der Waals surface area contributed by atoms with Gasteiger partial charge in [-0.25, -0.2) is 0 Å². The van der Waals surface area contributed by atoms with Crippen LogP contribution in [0.3, 0.4) is 0 Å². The summed E-state index contributed by atoms with van der Waals surface area (Å²) in [6, 6.07) is 3.90. The zero-order valence-electron chi connectivity index (χ0n) is 19.0. The summed E-state index contributed by atoms with van der Waals surface area (Å²) in [5.74, 6) is 1.66. The summed E-state index contributed by atoms with van der Waals surface area (Å²) >= 11 is 0. The zero-order valence-corrected chi connectivity index (χ0v) is 19.0. The smallest absolute Gasteiger partial charge is 0.356 e. The van der Waals surface area contributed by atoms with Crippen molar-refractivity contribution in [2.45, 2.75) is 70.0 Å². The second kappa shape index (κ2) is 8.93. The van der Waals surface area contributed by atoms with E-state index in [-0.39, 0.29) is 17.7 Å². The topological polar surface area (TPSA) is 58.4 Å². The number of hydrogen-bond donors (Lipinski definition) is 1. The summed E-state index contributed by atoms with van der Waals surface area (Å²) in [5, 5.41) is 7.86. The molecule has 1 aliphatic heterocycles. The van der Waals surface area contributed by atoms with Crippen molar-refractivity contribution < 1.29 is 22.5 Å². The van der Waals surface area contributed by atoms with Crippen LogP contribution >= 0.6 is 0 Å². The van der Waals surface area contributed by atoms with Crippen LogP contribution in [0.25, 0.3) is 11.0 Å². The molecular weight excluding hydrogens is 431 g/mol. The number of halogens is 3. The lowest BCUT2D eigenvalue weighted by Gasteiger charge is -2.31. The molecule has 3 fully saturated rings. The Kier molecular flexibility index (Phi) is 6.14. The number of aromatic nitrogens is 1. The van der Waals surface area contributed by atoms with Crippen LogP contribution in [0.1, 0.15) is 69.0 Å². The van der Waals surface area contributed by atoms with Crippen LogP contribution in [0.15, 0.2) is 22.7 Å². The molecule has 2 aromatic rings. The van der Waals surface area contributed by atoms with Gasteiger partial charge in [-0.15, -0.1) is 0 Å². The van der Waals surface area contributed by atoms with Gasteiger partial charge in [-0.05, 0) is 88.1 Å². The van der Waals surface area contributed by atoms with Crippen molar-refractivity contribution in [3.63, 3.8) is 0 Å². The summed E-state index contributed by atoms with van der Waals surface area (Å²) in [5.41, 5.74) is 0.374. The van der Waals surface area contributed by atoms with E-state index in [9.17, 15) is 18.0 Å². The molecule has 2 saturated carbocycles. The van der Waals surface area contributed by atoms with E-state index in [1.807, 2.05) is 0 Å². The molecule has 2 atom stereocenters. The predicted octanol–water partition coefficient (Wildman–Crippen LogP) is 5.36. The van der Waals surface area contributed by atoms with Crippen molar-refractivity contribution in [3.8, 4) is 0 Å². The lowest BCUT2D eigenvalue weighted by atomic mass is 9.87. The van der Waals surface area contributed by atoms with Gasteiger partial charge >= 0.3 is 6.18 Å². The molecule has 2 aliphatic carbocycles. The summed E-state index contributed by atoms with van der Waals surface area (Å²) in [6.07, 6.45) is 2.84. The van der Waals surface area contributed by atoms with Crippen LogP contribution in [-0.2, 0) is 11.0 Å². The molecular formula is C25H32F3N3O2. The fourth-order valence-electron chi connectivity index (χ4n) is 5.63. The van der Waals surface area contributed by atoms with Crippen LogP contribution in [0.2, 0.25) is 0 Å². The first-order valence-electron chi connectivity index (χ1n) is 12.3. The van der Waals surface area contributed by atoms with Gasteiger partial charge in [0.25, 0.3) is 0 Å². The Labute approximate surface area is 192 Å². The molecule has 180 valence electrons. The quantitative estimate of drug-likeness (QED) is 0.649. The molecule has 1 unspecified atom stereocenters. The molecule has 0 radical (unpaired) electrons. The second-order valence-electron chi connectivity index (χ2n) is 10.4. The maximum atomic E-state index is 13.1. The highest BCUT2D eigenvalue weighted by molar-refractivity contribution is 5.82. The molecule has 5 nitrogen and oxygen atoms in total. The van der Waals surface area contributed by atoms with E-state index in [1.54, 1.807) is 0 Å². The van der Waals surface area contributed by atoms with Crippen molar-refractivity contribution in [2.24, 2.45) is 17.8 Å². The number of carbonyl (C=O) groups is 1. The minimum absolute atomic E-state index is 0.0953. The van der Waals surface area contributed by atoms with E-state index in [2.05, 4.69) is 22.3 Å². The molecule has 0 bridgehead atoms. The van der Waals surface area contributed by atoms with Gasteiger partial charge in [-0.3, -0.25) is 4.79 Å².